The Morgan fingerprint density at radius 1 is 1.47 bits per heavy atom. The van der Waals surface area contributed by atoms with Gasteiger partial charge in [-0.25, -0.2) is 0 Å². The second-order valence-corrected chi connectivity index (χ2v) is 4.52. The Hall–Kier alpha value is -1.09. The van der Waals surface area contributed by atoms with Crippen LogP contribution in [0.25, 0.3) is 0 Å². The molecule has 0 bridgehead atoms. The van der Waals surface area contributed by atoms with Gasteiger partial charge in [0.2, 0.25) is 0 Å². The van der Waals surface area contributed by atoms with E-state index in [-0.39, 0.29) is 5.56 Å². The molecule has 2 rings (SSSR count). The lowest BCUT2D eigenvalue weighted by molar-refractivity contribution is 0.585. The Morgan fingerprint density at radius 2 is 2.27 bits per heavy atom. The average molecular weight is 206 g/mol. The second kappa shape index (κ2) is 4.19. The largest absolute Gasteiger partial charge is 0.326 e. The van der Waals surface area contributed by atoms with Gasteiger partial charge in [-0.15, -0.1) is 0 Å². The van der Waals surface area contributed by atoms with E-state index >= 15 is 0 Å². The molecule has 15 heavy (non-hydrogen) atoms. The summed E-state index contributed by atoms with van der Waals surface area (Å²) in [5.41, 5.74) is 3.41. The number of pyridine rings is 1. The number of aryl methyl sites for hydroxylation is 2. The van der Waals surface area contributed by atoms with Gasteiger partial charge in [-0.05, 0) is 30.9 Å². The highest BCUT2D eigenvalue weighted by atomic mass is 16.1. The molecular formula is C12H18N2O. The zero-order valence-electron chi connectivity index (χ0n) is 9.39. The molecule has 0 atom stereocenters. The van der Waals surface area contributed by atoms with Crippen molar-refractivity contribution in [1.82, 2.24) is 10.3 Å². The maximum atomic E-state index is 11.7. The van der Waals surface area contributed by atoms with Gasteiger partial charge in [0, 0.05) is 23.8 Å². The van der Waals surface area contributed by atoms with Gasteiger partial charge in [0.25, 0.3) is 5.56 Å². The van der Waals surface area contributed by atoms with Crippen molar-refractivity contribution in [2.45, 2.75) is 45.7 Å². The highest BCUT2D eigenvalue weighted by molar-refractivity contribution is 5.29. The second-order valence-electron chi connectivity index (χ2n) is 4.52. The number of hydrogen-bond acceptors (Lipinski definition) is 2. The summed E-state index contributed by atoms with van der Waals surface area (Å²) in [6.07, 6.45) is 3.32. The first-order valence-corrected chi connectivity index (χ1v) is 5.64. The fraction of sp³-hybridized carbons (Fsp3) is 0.583. The predicted molar refractivity (Wildman–Crippen MR) is 61.1 cm³/mol. The third kappa shape index (κ3) is 2.29. The van der Waals surface area contributed by atoms with E-state index in [1.165, 1.54) is 12.0 Å². The predicted octanol–water partition coefficient (Wildman–Crippen LogP) is 1.36. The van der Waals surface area contributed by atoms with Crippen molar-refractivity contribution in [2.75, 3.05) is 0 Å². The van der Waals surface area contributed by atoms with Crippen LogP contribution >= 0.6 is 0 Å². The van der Waals surface area contributed by atoms with Crippen molar-refractivity contribution >= 4 is 0 Å². The molecule has 0 amide bonds. The van der Waals surface area contributed by atoms with Crippen molar-refractivity contribution in [1.29, 1.82) is 0 Å². The number of rotatable bonds is 3. The maximum absolute atomic E-state index is 11.7. The van der Waals surface area contributed by atoms with E-state index in [4.69, 9.17) is 0 Å². The van der Waals surface area contributed by atoms with E-state index in [0.29, 0.717) is 12.6 Å². The van der Waals surface area contributed by atoms with Crippen LogP contribution in [0.1, 0.15) is 37.1 Å². The molecule has 2 N–H and O–H groups in total. The van der Waals surface area contributed by atoms with Crippen molar-refractivity contribution in [3.05, 3.63) is 33.2 Å². The molecule has 0 fully saturated rings. The number of fused-ring (bicyclic) bond motifs is 1. The summed E-state index contributed by atoms with van der Waals surface area (Å²) in [7, 11) is 0. The molecule has 0 saturated heterocycles. The van der Waals surface area contributed by atoms with Crippen LogP contribution in [0.3, 0.4) is 0 Å². The van der Waals surface area contributed by atoms with Crippen LogP contribution < -0.4 is 10.9 Å². The standard InChI is InChI=1S/C12H18N2O/c1-8(2)13-7-10-6-9-4-3-5-11(9)14-12(10)15/h6,8,13H,3-5,7H2,1-2H3,(H,14,15). The molecule has 0 aliphatic heterocycles. The van der Waals surface area contributed by atoms with Crippen LogP contribution in [0.15, 0.2) is 10.9 Å². The Balaban J connectivity index is 2.21. The Kier molecular flexibility index (Phi) is 2.91. The number of nitrogens with one attached hydrogen (secondary N) is 2. The van der Waals surface area contributed by atoms with Crippen LogP contribution in [0.4, 0.5) is 0 Å². The van der Waals surface area contributed by atoms with Crippen LogP contribution in [0.2, 0.25) is 0 Å². The van der Waals surface area contributed by atoms with Crippen molar-refractivity contribution in [2.24, 2.45) is 0 Å². The SMILES string of the molecule is CC(C)NCc1cc2c([nH]c1=O)CCC2. The van der Waals surface area contributed by atoms with Gasteiger partial charge in [0.05, 0.1) is 0 Å². The fourth-order valence-electron chi connectivity index (χ4n) is 2.01. The minimum atomic E-state index is 0.0730. The average Bonchev–Trinajstić information content (AvgIpc) is 2.60. The first-order chi connectivity index (χ1) is 7.16. The molecule has 3 nitrogen and oxygen atoms in total. The minimum Gasteiger partial charge on any atom is -0.326 e. The molecule has 1 aromatic rings. The molecule has 0 radical (unpaired) electrons. The maximum Gasteiger partial charge on any atom is 0.252 e. The van der Waals surface area contributed by atoms with Crippen LogP contribution in [0, 0.1) is 0 Å². The zero-order chi connectivity index (χ0) is 10.8. The molecule has 82 valence electrons. The van der Waals surface area contributed by atoms with Gasteiger partial charge in [-0.2, -0.15) is 0 Å². The van der Waals surface area contributed by atoms with E-state index < -0.39 is 0 Å². The molecule has 1 heterocycles. The highest BCUT2D eigenvalue weighted by Crippen LogP contribution is 2.18. The van der Waals surface area contributed by atoms with Gasteiger partial charge in [0.1, 0.15) is 0 Å². The molecule has 0 aromatic carbocycles. The molecule has 0 unspecified atom stereocenters. The molecular weight excluding hydrogens is 188 g/mol. The molecule has 1 aromatic heterocycles. The molecule has 1 aliphatic carbocycles. The summed E-state index contributed by atoms with van der Waals surface area (Å²) in [5, 5.41) is 3.27. The molecule has 3 heteroatoms. The Labute approximate surface area is 89.9 Å². The van der Waals surface area contributed by atoms with E-state index in [1.54, 1.807) is 0 Å². The molecule has 0 spiro atoms. The fourth-order valence-corrected chi connectivity index (χ4v) is 2.01. The summed E-state index contributed by atoms with van der Waals surface area (Å²) < 4.78 is 0. The van der Waals surface area contributed by atoms with Gasteiger partial charge >= 0.3 is 0 Å². The quantitative estimate of drug-likeness (QED) is 0.784. The van der Waals surface area contributed by atoms with Gasteiger partial charge < -0.3 is 10.3 Å². The van der Waals surface area contributed by atoms with E-state index in [1.807, 2.05) is 0 Å². The van der Waals surface area contributed by atoms with Crippen molar-refractivity contribution < 1.29 is 0 Å². The first kappa shape index (κ1) is 10.4. The van der Waals surface area contributed by atoms with E-state index in [9.17, 15) is 4.79 Å². The number of aromatic amines is 1. The summed E-state index contributed by atoms with van der Waals surface area (Å²) in [6, 6.07) is 2.48. The monoisotopic (exact) mass is 206 g/mol. The van der Waals surface area contributed by atoms with Crippen molar-refractivity contribution in [3.63, 3.8) is 0 Å². The summed E-state index contributed by atoms with van der Waals surface area (Å²) >= 11 is 0. The normalized spacial score (nSPS) is 14.6. The first-order valence-electron chi connectivity index (χ1n) is 5.64. The smallest absolute Gasteiger partial charge is 0.252 e. The Morgan fingerprint density at radius 3 is 3.00 bits per heavy atom. The van der Waals surface area contributed by atoms with Crippen LogP contribution in [-0.2, 0) is 19.4 Å². The summed E-state index contributed by atoms with van der Waals surface area (Å²) in [5.74, 6) is 0. The topological polar surface area (TPSA) is 44.9 Å². The van der Waals surface area contributed by atoms with Crippen molar-refractivity contribution in [3.8, 4) is 0 Å². The third-order valence-corrected chi connectivity index (χ3v) is 2.87. The van der Waals surface area contributed by atoms with E-state index in [0.717, 1.165) is 24.1 Å². The highest BCUT2D eigenvalue weighted by Gasteiger charge is 2.13. The van der Waals surface area contributed by atoms with Gasteiger partial charge in [-0.1, -0.05) is 13.8 Å². The lowest BCUT2D eigenvalue weighted by Crippen LogP contribution is -2.26. The molecule has 0 saturated carbocycles. The van der Waals surface area contributed by atoms with E-state index in [2.05, 4.69) is 30.2 Å². The summed E-state index contributed by atoms with van der Waals surface area (Å²) in [6.45, 7) is 4.84. The number of hydrogen-bond donors (Lipinski definition) is 2. The van der Waals surface area contributed by atoms with Crippen LogP contribution in [-0.4, -0.2) is 11.0 Å². The molecule has 1 aliphatic rings. The number of aromatic nitrogens is 1. The minimum absolute atomic E-state index is 0.0730. The lowest BCUT2D eigenvalue weighted by Gasteiger charge is -2.08. The van der Waals surface area contributed by atoms with Gasteiger partial charge in [-0.3, -0.25) is 4.79 Å². The van der Waals surface area contributed by atoms with Gasteiger partial charge in [0.15, 0.2) is 0 Å². The third-order valence-electron chi connectivity index (χ3n) is 2.87. The summed E-state index contributed by atoms with van der Waals surface area (Å²) in [4.78, 5) is 14.7. The zero-order valence-corrected chi connectivity index (χ0v) is 9.39. The number of H-pyrrole nitrogens is 1. The van der Waals surface area contributed by atoms with Crippen LogP contribution in [0.5, 0.6) is 0 Å². The Bertz CT molecular complexity index is 407. The lowest BCUT2D eigenvalue weighted by atomic mass is 10.1.